The summed E-state index contributed by atoms with van der Waals surface area (Å²) in [6.45, 7) is 4.04. The van der Waals surface area contributed by atoms with Gasteiger partial charge in [-0.15, -0.1) is 10.2 Å². The zero-order valence-corrected chi connectivity index (χ0v) is 18.3. The number of carbonyl (C=O) groups is 1. The lowest BCUT2D eigenvalue weighted by molar-refractivity contribution is -0.119. The lowest BCUT2D eigenvalue weighted by Crippen LogP contribution is -2.28. The van der Waals surface area contributed by atoms with Crippen LogP contribution in [-0.4, -0.2) is 26.4 Å². The highest BCUT2D eigenvalue weighted by atomic mass is 32.2. The molecular weight excluding hydrogens is 404 g/mol. The van der Waals surface area contributed by atoms with Crippen molar-refractivity contribution in [3.05, 3.63) is 96.1 Å². The Bertz CT molecular complexity index is 1160. The number of aromatic nitrogens is 3. The summed E-state index contributed by atoms with van der Waals surface area (Å²) in [5.41, 5.74) is 4.19. The molecule has 4 aromatic rings. The first-order valence-electron chi connectivity index (χ1n) is 10.2. The Balaban J connectivity index is 1.55. The van der Waals surface area contributed by atoms with Crippen molar-refractivity contribution in [2.75, 3.05) is 5.75 Å². The number of aryl methyl sites for hydroxylation is 1. The fourth-order valence-electron chi connectivity index (χ4n) is 3.38. The molecule has 0 aliphatic rings. The summed E-state index contributed by atoms with van der Waals surface area (Å²) < 4.78 is 2.01. The lowest BCUT2D eigenvalue weighted by atomic mass is 10.1. The summed E-state index contributed by atoms with van der Waals surface area (Å²) in [5, 5.41) is 12.6. The van der Waals surface area contributed by atoms with Crippen LogP contribution in [0.5, 0.6) is 0 Å². The molecule has 31 heavy (non-hydrogen) atoms. The molecule has 0 radical (unpaired) electrons. The molecule has 0 aliphatic carbocycles. The van der Waals surface area contributed by atoms with E-state index < -0.39 is 0 Å². The van der Waals surface area contributed by atoms with E-state index in [4.69, 9.17) is 0 Å². The van der Waals surface area contributed by atoms with E-state index in [2.05, 4.69) is 34.6 Å². The van der Waals surface area contributed by atoms with Crippen molar-refractivity contribution in [2.45, 2.75) is 25.0 Å². The lowest BCUT2D eigenvalue weighted by Gasteiger charge is -2.14. The Kier molecular flexibility index (Phi) is 6.48. The van der Waals surface area contributed by atoms with E-state index in [0.717, 1.165) is 28.2 Å². The molecule has 1 N–H and O–H groups in total. The number of benzene rings is 3. The number of para-hydroxylation sites is 1. The number of hydrogen-bond donors (Lipinski definition) is 1. The molecule has 156 valence electrons. The summed E-state index contributed by atoms with van der Waals surface area (Å²) in [5.74, 6) is 0.979. The van der Waals surface area contributed by atoms with Crippen molar-refractivity contribution in [1.82, 2.24) is 20.1 Å². The maximum Gasteiger partial charge on any atom is 0.230 e. The van der Waals surface area contributed by atoms with Gasteiger partial charge in [0.2, 0.25) is 5.91 Å². The van der Waals surface area contributed by atoms with E-state index in [1.807, 2.05) is 84.3 Å². The average Bonchev–Trinajstić information content (AvgIpc) is 3.23. The normalized spacial score (nSPS) is 11.8. The molecule has 1 aromatic heterocycles. The third kappa shape index (κ3) is 5.03. The van der Waals surface area contributed by atoms with Gasteiger partial charge in [-0.2, -0.15) is 0 Å². The van der Waals surface area contributed by atoms with Gasteiger partial charge in [-0.25, -0.2) is 0 Å². The molecule has 0 aliphatic heterocycles. The molecule has 0 saturated heterocycles. The molecule has 1 amide bonds. The minimum Gasteiger partial charge on any atom is -0.349 e. The predicted molar refractivity (Wildman–Crippen MR) is 125 cm³/mol. The fourth-order valence-corrected chi connectivity index (χ4v) is 4.15. The Labute approximate surface area is 186 Å². The van der Waals surface area contributed by atoms with Crippen molar-refractivity contribution >= 4 is 17.7 Å². The summed E-state index contributed by atoms with van der Waals surface area (Å²) in [6.07, 6.45) is 0. The second-order valence-electron chi connectivity index (χ2n) is 7.34. The second-order valence-corrected chi connectivity index (χ2v) is 8.28. The van der Waals surface area contributed by atoms with Crippen molar-refractivity contribution in [3.63, 3.8) is 0 Å². The second kappa shape index (κ2) is 9.62. The first kappa shape index (κ1) is 20.9. The van der Waals surface area contributed by atoms with E-state index in [-0.39, 0.29) is 17.7 Å². The van der Waals surface area contributed by atoms with E-state index in [0.29, 0.717) is 5.16 Å². The number of thioether (sulfide) groups is 1. The number of amides is 1. The van der Waals surface area contributed by atoms with Gasteiger partial charge in [0, 0.05) is 11.3 Å². The van der Waals surface area contributed by atoms with E-state index >= 15 is 0 Å². The van der Waals surface area contributed by atoms with Crippen LogP contribution in [0.25, 0.3) is 17.1 Å². The molecule has 0 fully saturated rings. The van der Waals surface area contributed by atoms with Gasteiger partial charge in [-0.05, 0) is 37.6 Å². The first-order valence-corrected chi connectivity index (χ1v) is 11.2. The highest BCUT2D eigenvalue weighted by Gasteiger charge is 2.18. The van der Waals surface area contributed by atoms with Crippen LogP contribution >= 0.6 is 11.8 Å². The monoisotopic (exact) mass is 428 g/mol. The maximum atomic E-state index is 12.6. The quantitative estimate of drug-likeness (QED) is 0.411. The summed E-state index contributed by atoms with van der Waals surface area (Å²) >= 11 is 1.38. The number of rotatable bonds is 7. The van der Waals surface area contributed by atoms with Gasteiger partial charge in [0.05, 0.1) is 11.8 Å². The number of nitrogens with zero attached hydrogens (tertiary/aromatic N) is 3. The molecule has 6 heteroatoms. The Hall–Kier alpha value is -3.38. The highest BCUT2D eigenvalue weighted by molar-refractivity contribution is 7.99. The topological polar surface area (TPSA) is 59.8 Å². The Morgan fingerprint density at radius 2 is 1.68 bits per heavy atom. The van der Waals surface area contributed by atoms with Gasteiger partial charge in [-0.1, -0.05) is 84.1 Å². The minimum absolute atomic E-state index is 0.0407. The maximum absolute atomic E-state index is 12.6. The number of nitrogens with one attached hydrogen (secondary N) is 1. The van der Waals surface area contributed by atoms with Gasteiger partial charge in [0.25, 0.3) is 0 Å². The van der Waals surface area contributed by atoms with Gasteiger partial charge in [-0.3, -0.25) is 9.36 Å². The van der Waals surface area contributed by atoms with Crippen LogP contribution in [0.3, 0.4) is 0 Å². The molecule has 1 heterocycles. The molecule has 0 saturated carbocycles. The molecule has 5 nitrogen and oxygen atoms in total. The standard InChI is InChI=1S/C25H24N4OS/c1-18-10-9-13-21(16-18)24-27-28-25(29(24)22-14-7-4-8-15-22)31-17-23(30)26-19(2)20-11-5-3-6-12-20/h3-16,19H,17H2,1-2H3,(H,26,30)/t19-/m0/s1. The van der Waals surface area contributed by atoms with Crippen LogP contribution in [0, 0.1) is 6.92 Å². The van der Waals surface area contributed by atoms with Crippen LogP contribution in [0.1, 0.15) is 24.1 Å². The third-order valence-electron chi connectivity index (χ3n) is 4.93. The molecule has 0 spiro atoms. The summed E-state index contributed by atoms with van der Waals surface area (Å²) in [7, 11) is 0. The largest absolute Gasteiger partial charge is 0.349 e. The van der Waals surface area contributed by atoms with Crippen molar-refractivity contribution in [1.29, 1.82) is 0 Å². The van der Waals surface area contributed by atoms with Gasteiger partial charge in [0.15, 0.2) is 11.0 Å². The van der Waals surface area contributed by atoms with Gasteiger partial charge in [0.1, 0.15) is 0 Å². The molecule has 0 bridgehead atoms. The molecular formula is C25H24N4OS. The van der Waals surface area contributed by atoms with Crippen LogP contribution in [0.15, 0.2) is 90.1 Å². The van der Waals surface area contributed by atoms with Crippen molar-refractivity contribution in [2.24, 2.45) is 0 Å². The van der Waals surface area contributed by atoms with E-state index in [1.165, 1.54) is 11.8 Å². The molecule has 0 unspecified atom stereocenters. The predicted octanol–water partition coefficient (Wildman–Crippen LogP) is 5.21. The van der Waals surface area contributed by atoms with Crippen LogP contribution < -0.4 is 5.32 Å². The van der Waals surface area contributed by atoms with Crippen LogP contribution in [-0.2, 0) is 4.79 Å². The Morgan fingerprint density at radius 3 is 2.39 bits per heavy atom. The van der Waals surface area contributed by atoms with Crippen LogP contribution in [0.4, 0.5) is 0 Å². The summed E-state index contributed by atoms with van der Waals surface area (Å²) in [4.78, 5) is 12.6. The van der Waals surface area contributed by atoms with E-state index in [1.54, 1.807) is 0 Å². The Morgan fingerprint density at radius 1 is 0.968 bits per heavy atom. The third-order valence-corrected chi connectivity index (χ3v) is 5.86. The van der Waals surface area contributed by atoms with Crippen LogP contribution in [0.2, 0.25) is 0 Å². The smallest absolute Gasteiger partial charge is 0.230 e. The summed E-state index contributed by atoms with van der Waals surface area (Å²) in [6, 6.07) is 28.1. The minimum atomic E-state index is -0.0517. The number of hydrogen-bond acceptors (Lipinski definition) is 4. The van der Waals surface area contributed by atoms with Crippen molar-refractivity contribution < 1.29 is 4.79 Å². The van der Waals surface area contributed by atoms with Gasteiger partial charge < -0.3 is 5.32 Å². The SMILES string of the molecule is Cc1cccc(-c2nnc(SCC(=O)N[C@@H](C)c3ccccc3)n2-c2ccccc2)c1. The van der Waals surface area contributed by atoms with Crippen molar-refractivity contribution in [3.8, 4) is 17.1 Å². The fraction of sp³-hybridized carbons (Fsp3) is 0.160. The molecule has 3 aromatic carbocycles. The molecule has 4 rings (SSSR count). The zero-order chi connectivity index (χ0) is 21.6. The van der Waals surface area contributed by atoms with Gasteiger partial charge >= 0.3 is 0 Å². The highest BCUT2D eigenvalue weighted by Crippen LogP contribution is 2.28. The first-order chi connectivity index (χ1) is 15.1. The molecule has 1 atom stereocenters. The average molecular weight is 429 g/mol. The zero-order valence-electron chi connectivity index (χ0n) is 17.5. The van der Waals surface area contributed by atoms with E-state index in [9.17, 15) is 4.79 Å². The number of carbonyl (C=O) groups excluding carboxylic acids is 1.